The Morgan fingerprint density at radius 1 is 1.28 bits per heavy atom. The van der Waals surface area contributed by atoms with E-state index in [4.69, 9.17) is 0 Å². The Morgan fingerprint density at radius 3 is 2.90 bits per heavy atom. The molecule has 2 heterocycles. The van der Waals surface area contributed by atoms with Gasteiger partial charge < -0.3 is 20.5 Å². The molecule has 1 aliphatic heterocycles. The first-order valence-electron chi connectivity index (χ1n) is 10.8. The quantitative estimate of drug-likeness (QED) is 0.548. The van der Waals surface area contributed by atoms with Gasteiger partial charge in [-0.3, -0.25) is 9.79 Å². The van der Waals surface area contributed by atoms with Crippen LogP contribution in [-0.2, 0) is 11.3 Å². The van der Waals surface area contributed by atoms with Gasteiger partial charge in [0.2, 0.25) is 5.91 Å². The Bertz CT molecular complexity index is 883. The molecule has 2 aromatic rings. The molecule has 1 aromatic heterocycles. The number of hydrogen-bond donors (Lipinski definition) is 3. The zero-order valence-corrected chi connectivity index (χ0v) is 17.5. The van der Waals surface area contributed by atoms with Gasteiger partial charge in [-0.15, -0.1) is 0 Å². The van der Waals surface area contributed by atoms with Crippen molar-refractivity contribution in [3.8, 4) is 0 Å². The highest BCUT2D eigenvalue weighted by atomic mass is 16.2. The molecule has 1 unspecified atom stereocenters. The van der Waals surface area contributed by atoms with E-state index in [9.17, 15) is 4.79 Å². The van der Waals surface area contributed by atoms with Gasteiger partial charge in [0.1, 0.15) is 5.82 Å². The summed E-state index contributed by atoms with van der Waals surface area (Å²) < 4.78 is 0. The summed E-state index contributed by atoms with van der Waals surface area (Å²) in [5.74, 6) is 2.24. The lowest BCUT2D eigenvalue weighted by molar-refractivity contribution is -0.135. The summed E-state index contributed by atoms with van der Waals surface area (Å²) >= 11 is 0. The number of amides is 1. The summed E-state index contributed by atoms with van der Waals surface area (Å²) in [6, 6.07) is 6.46. The number of benzene rings is 1. The summed E-state index contributed by atoms with van der Waals surface area (Å²) in [7, 11) is 1.78. The Morgan fingerprint density at radius 2 is 2.10 bits per heavy atom. The van der Waals surface area contributed by atoms with Gasteiger partial charge in [-0.2, -0.15) is 0 Å². The smallest absolute Gasteiger partial charge is 0.225 e. The summed E-state index contributed by atoms with van der Waals surface area (Å²) in [6.07, 6.45) is 6.76. The van der Waals surface area contributed by atoms with E-state index in [2.05, 4.69) is 44.7 Å². The summed E-state index contributed by atoms with van der Waals surface area (Å²) in [6.45, 7) is 4.26. The topological polar surface area (TPSA) is 85.4 Å². The molecular weight excluding hydrogens is 364 g/mol. The minimum Gasteiger partial charge on any atom is -0.352 e. The number of H-pyrrole nitrogens is 1. The van der Waals surface area contributed by atoms with Crippen LogP contribution in [0.4, 0.5) is 0 Å². The number of guanidine groups is 1. The van der Waals surface area contributed by atoms with Crippen LogP contribution in [0.15, 0.2) is 23.2 Å². The van der Waals surface area contributed by atoms with Crippen molar-refractivity contribution in [3.63, 3.8) is 0 Å². The predicted molar refractivity (Wildman–Crippen MR) is 116 cm³/mol. The molecule has 2 fully saturated rings. The lowest BCUT2D eigenvalue weighted by atomic mass is 9.88. The highest BCUT2D eigenvalue weighted by Gasteiger charge is 2.31. The average Bonchev–Trinajstić information content (AvgIpc) is 3.37. The Hall–Kier alpha value is -2.57. The third-order valence-electron chi connectivity index (χ3n) is 6.13. The number of carbonyl (C=O) groups is 1. The number of aryl methyl sites for hydroxylation is 1. The number of aromatic nitrogens is 2. The zero-order valence-electron chi connectivity index (χ0n) is 17.5. The molecule has 1 saturated carbocycles. The highest BCUT2D eigenvalue weighted by Crippen LogP contribution is 2.26. The van der Waals surface area contributed by atoms with Gasteiger partial charge in [0.25, 0.3) is 0 Å². The van der Waals surface area contributed by atoms with Gasteiger partial charge in [-0.05, 0) is 43.9 Å². The first kappa shape index (κ1) is 19.7. The SMILES string of the molecule is CN=C(NCc1nc2ccc(C)cc2[nH]1)NC1CCN(C(=O)C2CCCCC2)C1. The van der Waals surface area contributed by atoms with E-state index < -0.39 is 0 Å². The van der Waals surface area contributed by atoms with E-state index >= 15 is 0 Å². The minimum atomic E-state index is 0.243. The molecule has 7 heteroatoms. The second kappa shape index (κ2) is 8.84. The van der Waals surface area contributed by atoms with Crippen LogP contribution >= 0.6 is 0 Å². The summed E-state index contributed by atoms with van der Waals surface area (Å²) in [4.78, 5) is 27.1. The average molecular weight is 397 g/mol. The summed E-state index contributed by atoms with van der Waals surface area (Å²) in [5, 5.41) is 6.81. The summed E-state index contributed by atoms with van der Waals surface area (Å²) in [5.41, 5.74) is 3.24. The normalized spacial score (nSPS) is 21.0. The van der Waals surface area contributed by atoms with Crippen LogP contribution in [0.5, 0.6) is 0 Å². The lowest BCUT2D eigenvalue weighted by Crippen LogP contribution is -2.45. The van der Waals surface area contributed by atoms with Crippen LogP contribution < -0.4 is 10.6 Å². The lowest BCUT2D eigenvalue weighted by Gasteiger charge is -2.26. The number of rotatable bonds is 4. The standard InChI is InChI=1S/C22H32N6O/c1-15-8-9-18-19(12-15)27-20(26-18)13-24-22(23-2)25-17-10-11-28(14-17)21(29)16-6-4-3-5-7-16/h8-9,12,16-17H,3-7,10-11,13-14H2,1-2H3,(H,26,27)(H2,23,24,25). The highest BCUT2D eigenvalue weighted by molar-refractivity contribution is 5.81. The molecule has 1 saturated heterocycles. The predicted octanol–water partition coefficient (Wildman–Crippen LogP) is 2.72. The van der Waals surface area contributed by atoms with Gasteiger partial charge in [-0.1, -0.05) is 25.3 Å². The molecular formula is C22H32N6O. The van der Waals surface area contributed by atoms with Gasteiger partial charge in [0.05, 0.1) is 17.6 Å². The second-order valence-corrected chi connectivity index (χ2v) is 8.38. The first-order chi connectivity index (χ1) is 14.1. The molecule has 2 aliphatic rings. The van der Waals surface area contributed by atoms with Crippen molar-refractivity contribution >= 4 is 22.9 Å². The van der Waals surface area contributed by atoms with Gasteiger partial charge >= 0.3 is 0 Å². The third kappa shape index (κ3) is 4.71. The fourth-order valence-corrected chi connectivity index (χ4v) is 4.50. The molecule has 1 aliphatic carbocycles. The Balaban J connectivity index is 1.28. The number of likely N-dealkylation sites (tertiary alicyclic amines) is 1. The van der Waals surface area contributed by atoms with Crippen molar-refractivity contribution in [2.75, 3.05) is 20.1 Å². The molecule has 1 atom stereocenters. The number of hydrogen-bond acceptors (Lipinski definition) is 3. The molecule has 1 amide bonds. The van der Waals surface area contributed by atoms with Gasteiger partial charge in [0, 0.05) is 32.1 Å². The van der Waals surface area contributed by atoms with Crippen molar-refractivity contribution in [2.24, 2.45) is 10.9 Å². The molecule has 0 radical (unpaired) electrons. The fraction of sp³-hybridized carbons (Fsp3) is 0.591. The fourth-order valence-electron chi connectivity index (χ4n) is 4.50. The molecule has 156 valence electrons. The van der Waals surface area contributed by atoms with Crippen LogP contribution in [-0.4, -0.2) is 52.9 Å². The van der Waals surface area contributed by atoms with Crippen molar-refractivity contribution in [3.05, 3.63) is 29.6 Å². The number of aromatic amines is 1. The second-order valence-electron chi connectivity index (χ2n) is 8.38. The molecule has 3 N–H and O–H groups in total. The molecule has 7 nitrogen and oxygen atoms in total. The molecule has 29 heavy (non-hydrogen) atoms. The molecule has 1 aromatic carbocycles. The Kier molecular flexibility index (Phi) is 6.02. The monoisotopic (exact) mass is 396 g/mol. The van der Waals surface area contributed by atoms with Crippen LogP contribution in [0.25, 0.3) is 11.0 Å². The van der Waals surface area contributed by atoms with Crippen molar-refractivity contribution in [1.29, 1.82) is 0 Å². The maximum Gasteiger partial charge on any atom is 0.225 e. The number of nitrogens with zero attached hydrogens (tertiary/aromatic N) is 3. The molecule has 0 bridgehead atoms. The van der Waals surface area contributed by atoms with Crippen molar-refractivity contribution < 1.29 is 4.79 Å². The first-order valence-corrected chi connectivity index (χ1v) is 10.8. The zero-order chi connectivity index (χ0) is 20.2. The van der Waals surface area contributed by atoms with Crippen LogP contribution in [0.2, 0.25) is 0 Å². The maximum atomic E-state index is 12.8. The van der Waals surface area contributed by atoms with Crippen LogP contribution in [0, 0.1) is 12.8 Å². The van der Waals surface area contributed by atoms with E-state index in [0.717, 1.165) is 55.2 Å². The van der Waals surface area contributed by atoms with E-state index in [1.54, 1.807) is 7.05 Å². The number of carbonyl (C=O) groups excluding carboxylic acids is 1. The van der Waals surface area contributed by atoms with E-state index in [1.165, 1.54) is 24.8 Å². The van der Waals surface area contributed by atoms with Gasteiger partial charge in [-0.25, -0.2) is 4.98 Å². The molecule has 4 rings (SSSR count). The van der Waals surface area contributed by atoms with E-state index in [0.29, 0.717) is 12.5 Å². The van der Waals surface area contributed by atoms with E-state index in [1.807, 2.05) is 11.0 Å². The van der Waals surface area contributed by atoms with Gasteiger partial charge in [0.15, 0.2) is 5.96 Å². The van der Waals surface area contributed by atoms with Crippen molar-refractivity contribution in [1.82, 2.24) is 25.5 Å². The molecule has 0 spiro atoms. The van der Waals surface area contributed by atoms with Crippen LogP contribution in [0.3, 0.4) is 0 Å². The largest absolute Gasteiger partial charge is 0.352 e. The Labute approximate surface area is 172 Å². The number of nitrogens with one attached hydrogen (secondary N) is 3. The number of fused-ring (bicyclic) bond motifs is 1. The number of imidazole rings is 1. The van der Waals surface area contributed by atoms with Crippen molar-refractivity contribution in [2.45, 2.75) is 58.0 Å². The van der Waals surface area contributed by atoms with Crippen LogP contribution in [0.1, 0.15) is 49.9 Å². The number of aliphatic imine (C=N–C) groups is 1. The third-order valence-corrected chi connectivity index (χ3v) is 6.13. The van der Waals surface area contributed by atoms with E-state index in [-0.39, 0.29) is 12.0 Å². The maximum absolute atomic E-state index is 12.8. The minimum absolute atomic E-state index is 0.243.